The van der Waals surface area contributed by atoms with E-state index in [1.54, 1.807) is 10.7 Å². The van der Waals surface area contributed by atoms with E-state index in [-0.39, 0.29) is 10.5 Å². The molecule has 0 saturated heterocycles. The van der Waals surface area contributed by atoms with Crippen LogP contribution in [0, 0.1) is 10.1 Å². The number of hydrogen-bond acceptors (Lipinski definition) is 3. The average Bonchev–Trinajstić information content (AvgIpc) is 2.51. The summed E-state index contributed by atoms with van der Waals surface area (Å²) in [5.74, 6) is 0. The Morgan fingerprint density at radius 3 is 2.81 bits per heavy atom. The highest BCUT2D eigenvalue weighted by atomic mass is 79.9. The molecule has 0 aliphatic rings. The summed E-state index contributed by atoms with van der Waals surface area (Å²) >= 11 is 3.49. The van der Waals surface area contributed by atoms with Crippen LogP contribution in [0.3, 0.4) is 0 Å². The first-order valence-corrected chi connectivity index (χ1v) is 5.67. The molecule has 0 amide bonds. The molecule has 0 bridgehead atoms. The number of nitrogens with zero attached hydrogens (tertiary/aromatic N) is 3. The number of benzene rings is 1. The van der Waals surface area contributed by atoms with Crippen molar-refractivity contribution in [2.45, 2.75) is 11.8 Å². The lowest BCUT2D eigenvalue weighted by atomic mass is 10.1. The quantitative estimate of drug-likeness (QED) is 0.484. The number of non-ortho nitro benzene ring substituents is 1. The molecule has 1 atom stereocenters. The Morgan fingerprint density at radius 2 is 2.25 bits per heavy atom. The number of hydrogen-bond donors (Lipinski definition) is 0. The van der Waals surface area contributed by atoms with Crippen LogP contribution in [-0.2, 0) is 7.05 Å². The van der Waals surface area contributed by atoms with Gasteiger partial charge in [-0.3, -0.25) is 14.8 Å². The van der Waals surface area contributed by atoms with Crippen molar-refractivity contribution in [2.24, 2.45) is 7.05 Å². The molecular weight excluding hydrogens is 274 g/mol. The summed E-state index contributed by atoms with van der Waals surface area (Å²) in [5, 5.41) is 15.8. The Morgan fingerprint density at radius 1 is 1.56 bits per heavy atom. The van der Waals surface area contributed by atoms with Crippen molar-refractivity contribution in [1.29, 1.82) is 0 Å². The van der Waals surface area contributed by atoms with Gasteiger partial charge in [0.25, 0.3) is 5.69 Å². The molecule has 6 heteroatoms. The molecule has 5 nitrogen and oxygen atoms in total. The van der Waals surface area contributed by atoms with Crippen molar-refractivity contribution in [3.63, 3.8) is 0 Å². The van der Waals surface area contributed by atoms with Gasteiger partial charge in [0.05, 0.1) is 21.0 Å². The SMILES string of the molecule is CC(Br)c1c2ccc([N+](=O)[O-])cc2nn1C. The van der Waals surface area contributed by atoms with Gasteiger partial charge >= 0.3 is 0 Å². The largest absolute Gasteiger partial charge is 0.271 e. The number of rotatable bonds is 2. The Kier molecular flexibility index (Phi) is 2.67. The Bertz CT molecular complexity index is 562. The summed E-state index contributed by atoms with van der Waals surface area (Å²) in [5.41, 5.74) is 1.74. The van der Waals surface area contributed by atoms with Gasteiger partial charge in [0.15, 0.2) is 0 Å². The molecule has 0 radical (unpaired) electrons. The van der Waals surface area contributed by atoms with E-state index in [2.05, 4.69) is 21.0 Å². The molecule has 0 saturated carbocycles. The number of halogens is 1. The number of nitro groups is 1. The molecule has 1 aromatic heterocycles. The maximum atomic E-state index is 10.6. The highest BCUT2D eigenvalue weighted by Crippen LogP contribution is 2.30. The van der Waals surface area contributed by atoms with Crippen LogP contribution < -0.4 is 0 Å². The predicted octanol–water partition coefficient (Wildman–Crippen LogP) is 2.94. The maximum Gasteiger partial charge on any atom is 0.271 e. The van der Waals surface area contributed by atoms with Crippen LogP contribution >= 0.6 is 15.9 Å². The molecule has 0 spiro atoms. The van der Waals surface area contributed by atoms with Crippen LogP contribution in [-0.4, -0.2) is 14.7 Å². The summed E-state index contributed by atoms with van der Waals surface area (Å²) in [6.45, 7) is 2.00. The van der Waals surface area contributed by atoms with Gasteiger partial charge in [0.2, 0.25) is 0 Å². The molecule has 84 valence electrons. The monoisotopic (exact) mass is 283 g/mol. The Labute approximate surface area is 100 Å². The molecule has 0 aliphatic heterocycles. The standard InChI is InChI=1S/C10H10BrN3O2/c1-6(11)10-8-4-3-7(14(15)16)5-9(8)12-13(10)2/h3-6H,1-2H3. The highest BCUT2D eigenvalue weighted by Gasteiger charge is 2.15. The first-order valence-electron chi connectivity index (χ1n) is 4.76. The molecule has 0 fully saturated rings. The fourth-order valence-corrected chi connectivity index (χ4v) is 2.34. The second-order valence-corrected chi connectivity index (χ2v) is 4.96. The first kappa shape index (κ1) is 11.1. The minimum Gasteiger partial charge on any atom is -0.270 e. The third-order valence-corrected chi connectivity index (χ3v) is 2.88. The van der Waals surface area contributed by atoms with Crippen molar-refractivity contribution in [2.75, 3.05) is 0 Å². The Balaban J connectivity index is 2.70. The zero-order valence-electron chi connectivity index (χ0n) is 8.85. The lowest BCUT2D eigenvalue weighted by molar-refractivity contribution is -0.384. The lowest BCUT2D eigenvalue weighted by Crippen LogP contribution is -1.97. The third kappa shape index (κ3) is 1.69. The van der Waals surface area contributed by atoms with Gasteiger partial charge in [0.1, 0.15) is 0 Å². The van der Waals surface area contributed by atoms with Crippen LogP contribution in [0.4, 0.5) is 5.69 Å². The van der Waals surface area contributed by atoms with Crippen LogP contribution in [0.1, 0.15) is 17.4 Å². The molecule has 1 heterocycles. The van der Waals surface area contributed by atoms with Crippen LogP contribution in [0.25, 0.3) is 10.9 Å². The number of aromatic nitrogens is 2. The first-order chi connectivity index (χ1) is 7.50. The second kappa shape index (κ2) is 3.86. The van der Waals surface area contributed by atoms with E-state index in [1.807, 2.05) is 14.0 Å². The predicted molar refractivity (Wildman–Crippen MR) is 64.7 cm³/mol. The molecule has 0 aliphatic carbocycles. The van der Waals surface area contributed by atoms with E-state index >= 15 is 0 Å². The van der Waals surface area contributed by atoms with Gasteiger partial charge in [-0.1, -0.05) is 15.9 Å². The van der Waals surface area contributed by atoms with Crippen LogP contribution in [0.2, 0.25) is 0 Å². The van der Waals surface area contributed by atoms with Gasteiger partial charge in [-0.25, -0.2) is 0 Å². The minimum absolute atomic E-state index is 0.0689. The fourth-order valence-electron chi connectivity index (χ4n) is 1.79. The zero-order chi connectivity index (χ0) is 11.9. The molecule has 1 unspecified atom stereocenters. The van der Waals surface area contributed by atoms with Crippen molar-refractivity contribution in [3.05, 3.63) is 34.0 Å². The van der Waals surface area contributed by atoms with Crippen LogP contribution in [0.15, 0.2) is 18.2 Å². The minimum atomic E-state index is -0.411. The average molecular weight is 284 g/mol. The summed E-state index contributed by atoms with van der Waals surface area (Å²) in [6, 6.07) is 4.74. The number of alkyl halides is 1. The summed E-state index contributed by atoms with van der Waals surface area (Å²) < 4.78 is 1.74. The zero-order valence-corrected chi connectivity index (χ0v) is 10.4. The second-order valence-electron chi connectivity index (χ2n) is 3.58. The van der Waals surface area contributed by atoms with Crippen molar-refractivity contribution in [3.8, 4) is 0 Å². The van der Waals surface area contributed by atoms with Crippen molar-refractivity contribution in [1.82, 2.24) is 9.78 Å². The summed E-state index contributed by atoms with van der Waals surface area (Å²) in [7, 11) is 1.83. The normalized spacial score (nSPS) is 12.9. The topological polar surface area (TPSA) is 61.0 Å². The van der Waals surface area contributed by atoms with Crippen molar-refractivity contribution >= 4 is 32.5 Å². The lowest BCUT2D eigenvalue weighted by Gasteiger charge is -2.03. The summed E-state index contributed by atoms with van der Waals surface area (Å²) in [6.07, 6.45) is 0. The van der Waals surface area contributed by atoms with Crippen molar-refractivity contribution < 1.29 is 4.92 Å². The number of aryl methyl sites for hydroxylation is 1. The third-order valence-electron chi connectivity index (χ3n) is 2.45. The summed E-state index contributed by atoms with van der Waals surface area (Å²) in [4.78, 5) is 10.4. The molecule has 0 N–H and O–H groups in total. The van der Waals surface area contributed by atoms with Gasteiger partial charge in [-0.2, -0.15) is 5.10 Å². The van der Waals surface area contributed by atoms with Gasteiger partial charge in [0, 0.05) is 24.6 Å². The smallest absolute Gasteiger partial charge is 0.270 e. The van der Waals surface area contributed by atoms with Gasteiger partial charge in [-0.05, 0) is 13.0 Å². The number of fused-ring (bicyclic) bond motifs is 1. The fraction of sp³-hybridized carbons (Fsp3) is 0.300. The maximum absolute atomic E-state index is 10.6. The Hall–Kier alpha value is -1.43. The van der Waals surface area contributed by atoms with E-state index in [9.17, 15) is 10.1 Å². The van der Waals surface area contributed by atoms with Gasteiger partial charge < -0.3 is 0 Å². The van der Waals surface area contributed by atoms with E-state index in [1.165, 1.54) is 12.1 Å². The highest BCUT2D eigenvalue weighted by molar-refractivity contribution is 9.09. The van der Waals surface area contributed by atoms with Gasteiger partial charge in [-0.15, -0.1) is 0 Å². The molecule has 16 heavy (non-hydrogen) atoms. The van der Waals surface area contributed by atoms with E-state index in [0.29, 0.717) is 5.52 Å². The van der Waals surface area contributed by atoms with E-state index in [4.69, 9.17) is 0 Å². The molecule has 2 rings (SSSR count). The van der Waals surface area contributed by atoms with E-state index < -0.39 is 4.92 Å². The molecular formula is C10H10BrN3O2. The van der Waals surface area contributed by atoms with E-state index in [0.717, 1.165) is 11.1 Å². The number of nitro benzene ring substituents is 1. The van der Waals surface area contributed by atoms with Crippen LogP contribution in [0.5, 0.6) is 0 Å². The molecule has 2 aromatic rings. The molecule has 1 aromatic carbocycles.